The van der Waals surface area contributed by atoms with Crippen LogP contribution in [0.4, 0.5) is 0 Å². The minimum Gasteiger partial charge on any atom is -0.377 e. The largest absolute Gasteiger partial charge is 0.377 e. The quantitative estimate of drug-likeness (QED) is 0.567. The van der Waals surface area contributed by atoms with E-state index in [4.69, 9.17) is 10.6 Å². The van der Waals surface area contributed by atoms with Crippen molar-refractivity contribution in [2.45, 2.75) is 71.4 Å². The average Bonchev–Trinajstić information content (AvgIpc) is 2.40. The minimum atomic E-state index is -0.111. The molecule has 0 bridgehead atoms. The van der Waals surface area contributed by atoms with Crippen LogP contribution in [-0.2, 0) is 4.74 Å². The Morgan fingerprint density at radius 1 is 1.22 bits per heavy atom. The van der Waals surface area contributed by atoms with Gasteiger partial charge in [0.25, 0.3) is 0 Å². The SMILES string of the molecule is CCC(CC)(OC)C(NN)C1CCC(C)C(C)C1. The molecule has 3 nitrogen and oxygen atoms in total. The lowest BCUT2D eigenvalue weighted by Gasteiger charge is -2.45. The fourth-order valence-electron chi connectivity index (χ4n) is 3.71. The molecule has 1 saturated carbocycles. The zero-order valence-electron chi connectivity index (χ0n) is 12.8. The molecule has 3 N–H and O–H groups in total. The van der Waals surface area contributed by atoms with Crippen LogP contribution in [0.3, 0.4) is 0 Å². The normalized spacial score (nSPS) is 31.3. The Morgan fingerprint density at radius 2 is 1.83 bits per heavy atom. The van der Waals surface area contributed by atoms with Crippen LogP contribution in [0.15, 0.2) is 0 Å². The Bertz CT molecular complexity index is 232. The van der Waals surface area contributed by atoms with E-state index < -0.39 is 0 Å². The smallest absolute Gasteiger partial charge is 0.0841 e. The van der Waals surface area contributed by atoms with Crippen molar-refractivity contribution in [3.8, 4) is 0 Å². The third kappa shape index (κ3) is 3.06. The molecule has 0 amide bonds. The molecule has 1 aliphatic rings. The monoisotopic (exact) mass is 256 g/mol. The van der Waals surface area contributed by atoms with Gasteiger partial charge in [0, 0.05) is 7.11 Å². The number of rotatable bonds is 6. The number of hydrogen-bond donors (Lipinski definition) is 2. The summed E-state index contributed by atoms with van der Waals surface area (Å²) in [6, 6.07) is 0.271. The van der Waals surface area contributed by atoms with Gasteiger partial charge in [-0.1, -0.05) is 34.1 Å². The van der Waals surface area contributed by atoms with E-state index in [0.717, 1.165) is 24.7 Å². The standard InChI is InChI=1S/C15H32N2O/c1-6-15(7-2,18-5)14(17-16)13-9-8-11(3)12(4)10-13/h11-14,17H,6-10,16H2,1-5H3. The van der Waals surface area contributed by atoms with E-state index in [9.17, 15) is 0 Å². The zero-order valence-corrected chi connectivity index (χ0v) is 12.8. The molecule has 0 saturated heterocycles. The van der Waals surface area contributed by atoms with E-state index in [2.05, 4.69) is 33.1 Å². The first-order chi connectivity index (χ1) is 8.54. The topological polar surface area (TPSA) is 47.3 Å². The molecular weight excluding hydrogens is 224 g/mol. The van der Waals surface area contributed by atoms with E-state index >= 15 is 0 Å². The molecule has 0 aromatic carbocycles. The molecule has 4 unspecified atom stereocenters. The van der Waals surface area contributed by atoms with Gasteiger partial charge in [-0.15, -0.1) is 0 Å². The van der Waals surface area contributed by atoms with Crippen molar-refractivity contribution in [2.75, 3.05) is 7.11 Å². The summed E-state index contributed by atoms with van der Waals surface area (Å²) in [5.41, 5.74) is 2.96. The summed E-state index contributed by atoms with van der Waals surface area (Å²) in [7, 11) is 1.83. The second kappa shape index (κ2) is 6.88. The number of nitrogens with one attached hydrogen (secondary N) is 1. The van der Waals surface area contributed by atoms with Gasteiger partial charge in [0.2, 0.25) is 0 Å². The van der Waals surface area contributed by atoms with E-state index in [1.54, 1.807) is 0 Å². The lowest BCUT2D eigenvalue weighted by molar-refractivity contribution is -0.0713. The number of ether oxygens (including phenoxy) is 1. The third-order valence-corrected chi connectivity index (χ3v) is 5.46. The van der Waals surface area contributed by atoms with Gasteiger partial charge in [0.05, 0.1) is 11.6 Å². The predicted octanol–water partition coefficient (Wildman–Crippen LogP) is 3.10. The van der Waals surface area contributed by atoms with Crippen LogP contribution < -0.4 is 11.3 Å². The molecule has 0 aliphatic heterocycles. The van der Waals surface area contributed by atoms with Crippen LogP contribution in [0, 0.1) is 17.8 Å². The highest BCUT2D eigenvalue weighted by atomic mass is 16.5. The average molecular weight is 256 g/mol. The van der Waals surface area contributed by atoms with E-state index in [1.165, 1.54) is 19.3 Å². The Balaban J connectivity index is 2.82. The summed E-state index contributed by atoms with van der Waals surface area (Å²) in [6.45, 7) is 9.14. The van der Waals surface area contributed by atoms with E-state index in [1.807, 2.05) is 7.11 Å². The highest BCUT2D eigenvalue weighted by Gasteiger charge is 2.42. The van der Waals surface area contributed by atoms with Crippen molar-refractivity contribution in [2.24, 2.45) is 23.6 Å². The first kappa shape index (κ1) is 15.9. The Morgan fingerprint density at radius 3 is 2.22 bits per heavy atom. The molecule has 0 heterocycles. The van der Waals surface area contributed by atoms with Gasteiger partial charge >= 0.3 is 0 Å². The van der Waals surface area contributed by atoms with Gasteiger partial charge in [-0.25, -0.2) is 0 Å². The van der Waals surface area contributed by atoms with Crippen LogP contribution in [0.25, 0.3) is 0 Å². The van der Waals surface area contributed by atoms with Gasteiger partial charge in [0.1, 0.15) is 0 Å². The third-order valence-electron chi connectivity index (χ3n) is 5.46. The Labute approximate surface area is 113 Å². The molecular formula is C15H32N2O. The molecule has 18 heavy (non-hydrogen) atoms. The molecule has 0 spiro atoms. The Kier molecular flexibility index (Phi) is 6.09. The van der Waals surface area contributed by atoms with Crippen LogP contribution in [0.2, 0.25) is 0 Å². The summed E-state index contributed by atoms with van der Waals surface area (Å²) in [6.07, 6.45) is 5.87. The maximum Gasteiger partial charge on any atom is 0.0841 e. The lowest BCUT2D eigenvalue weighted by Crippen LogP contribution is -2.58. The fraction of sp³-hybridized carbons (Fsp3) is 1.00. The first-order valence-electron chi connectivity index (χ1n) is 7.55. The van der Waals surface area contributed by atoms with Crippen LogP contribution >= 0.6 is 0 Å². The number of hydrazine groups is 1. The molecule has 0 radical (unpaired) electrons. The lowest BCUT2D eigenvalue weighted by atomic mass is 9.69. The molecule has 1 rings (SSSR count). The zero-order chi connectivity index (χ0) is 13.8. The van der Waals surface area contributed by atoms with Crippen molar-refractivity contribution < 1.29 is 4.74 Å². The predicted molar refractivity (Wildman–Crippen MR) is 77.1 cm³/mol. The van der Waals surface area contributed by atoms with Crippen molar-refractivity contribution >= 4 is 0 Å². The molecule has 108 valence electrons. The summed E-state index contributed by atoms with van der Waals surface area (Å²) >= 11 is 0. The highest BCUT2D eigenvalue weighted by molar-refractivity contribution is 4.96. The summed E-state index contributed by atoms with van der Waals surface area (Å²) < 4.78 is 5.86. The second-order valence-corrected chi connectivity index (χ2v) is 6.15. The number of nitrogens with two attached hydrogens (primary N) is 1. The Hall–Kier alpha value is -0.120. The fourth-order valence-corrected chi connectivity index (χ4v) is 3.71. The van der Waals surface area contributed by atoms with Gasteiger partial charge in [-0.2, -0.15) is 0 Å². The molecule has 1 fully saturated rings. The van der Waals surface area contributed by atoms with Gasteiger partial charge in [0.15, 0.2) is 0 Å². The van der Waals surface area contributed by atoms with Crippen molar-refractivity contribution in [3.63, 3.8) is 0 Å². The minimum absolute atomic E-state index is 0.111. The van der Waals surface area contributed by atoms with Crippen molar-refractivity contribution in [1.82, 2.24) is 5.43 Å². The molecule has 0 aromatic rings. The van der Waals surface area contributed by atoms with Gasteiger partial charge in [-0.3, -0.25) is 11.3 Å². The van der Waals surface area contributed by atoms with Crippen LogP contribution in [0.1, 0.15) is 59.8 Å². The van der Waals surface area contributed by atoms with Crippen LogP contribution in [-0.4, -0.2) is 18.8 Å². The summed E-state index contributed by atoms with van der Waals surface area (Å²) in [5.74, 6) is 8.15. The van der Waals surface area contributed by atoms with Gasteiger partial charge in [-0.05, 0) is 43.4 Å². The van der Waals surface area contributed by atoms with E-state index in [0.29, 0.717) is 5.92 Å². The van der Waals surface area contributed by atoms with Gasteiger partial charge < -0.3 is 4.74 Å². The van der Waals surface area contributed by atoms with Crippen LogP contribution in [0.5, 0.6) is 0 Å². The maximum absolute atomic E-state index is 5.87. The van der Waals surface area contributed by atoms with Crippen molar-refractivity contribution in [1.29, 1.82) is 0 Å². The number of hydrogen-bond acceptors (Lipinski definition) is 3. The van der Waals surface area contributed by atoms with E-state index in [-0.39, 0.29) is 11.6 Å². The number of methoxy groups -OCH3 is 1. The molecule has 4 atom stereocenters. The summed E-state index contributed by atoms with van der Waals surface area (Å²) in [4.78, 5) is 0. The van der Waals surface area contributed by atoms with Crippen molar-refractivity contribution in [3.05, 3.63) is 0 Å². The summed E-state index contributed by atoms with van der Waals surface area (Å²) in [5, 5.41) is 0. The molecule has 3 heteroatoms. The first-order valence-corrected chi connectivity index (χ1v) is 7.55. The second-order valence-electron chi connectivity index (χ2n) is 6.15. The molecule has 0 aromatic heterocycles. The molecule has 1 aliphatic carbocycles. The highest BCUT2D eigenvalue weighted by Crippen LogP contribution is 2.39. The maximum atomic E-state index is 5.87.